The Hall–Kier alpha value is -2.13. The van der Waals surface area contributed by atoms with Crippen molar-refractivity contribution < 1.29 is 19.1 Å². The number of carbonyl (C=O) groups excluding carboxylic acids is 2. The summed E-state index contributed by atoms with van der Waals surface area (Å²) < 4.78 is 11.1. The summed E-state index contributed by atoms with van der Waals surface area (Å²) in [4.78, 5) is 23.6. The van der Waals surface area contributed by atoms with Crippen LogP contribution in [0.3, 0.4) is 0 Å². The third-order valence-corrected chi connectivity index (χ3v) is 6.15. The number of rotatable bonds is 7. The zero-order valence-electron chi connectivity index (χ0n) is 15.2. The lowest BCUT2D eigenvalue weighted by atomic mass is 9.91. The average molecular weight is 408 g/mol. The second-order valence-electron chi connectivity index (χ2n) is 6.09. The normalized spacial score (nSPS) is 14.1. The zero-order chi connectivity index (χ0) is 19.2. The average Bonchev–Trinajstić information content (AvgIpc) is 3.13. The number of amides is 1. The molecule has 2 aromatic rings. The van der Waals surface area contributed by atoms with Crippen molar-refractivity contribution in [2.75, 3.05) is 18.2 Å². The number of thioether (sulfide) groups is 1. The van der Waals surface area contributed by atoms with Gasteiger partial charge in [-0.1, -0.05) is 35.2 Å². The van der Waals surface area contributed by atoms with E-state index < -0.39 is 6.10 Å². The van der Waals surface area contributed by atoms with Crippen LogP contribution in [0.25, 0.3) is 0 Å². The van der Waals surface area contributed by atoms with Gasteiger partial charge in [-0.15, -0.1) is 10.2 Å². The third kappa shape index (κ3) is 5.20. The number of aryl methyl sites for hydroxylation is 1. The summed E-state index contributed by atoms with van der Waals surface area (Å²) in [6.07, 6.45) is 3.72. The Morgan fingerprint density at radius 1 is 1.30 bits per heavy atom. The van der Waals surface area contributed by atoms with Gasteiger partial charge in [-0.05, 0) is 49.8 Å². The Bertz CT molecular complexity index is 825. The van der Waals surface area contributed by atoms with Crippen LogP contribution < -0.4 is 10.1 Å². The molecule has 0 fully saturated rings. The van der Waals surface area contributed by atoms with Crippen LogP contribution in [0.4, 0.5) is 5.13 Å². The van der Waals surface area contributed by atoms with Crippen molar-refractivity contribution in [1.29, 1.82) is 0 Å². The summed E-state index contributed by atoms with van der Waals surface area (Å²) in [6, 6.07) is 6.01. The third-order valence-electron chi connectivity index (χ3n) is 4.20. The predicted octanol–water partition coefficient (Wildman–Crippen LogP) is 3.09. The summed E-state index contributed by atoms with van der Waals surface area (Å²) in [5.74, 6) is 0.303. The van der Waals surface area contributed by atoms with Crippen LogP contribution >= 0.6 is 23.1 Å². The minimum absolute atomic E-state index is 0.151. The minimum atomic E-state index is -0.659. The highest BCUT2D eigenvalue weighted by Crippen LogP contribution is 2.30. The molecule has 1 N–H and O–H groups in total. The number of ether oxygens (including phenoxy) is 2. The molecule has 0 radical (unpaired) electrons. The number of hydrogen-bond acceptors (Lipinski definition) is 8. The van der Waals surface area contributed by atoms with Crippen LogP contribution in [0, 0.1) is 0 Å². The van der Waals surface area contributed by atoms with Gasteiger partial charge in [0.25, 0.3) is 5.91 Å². The van der Waals surface area contributed by atoms with Gasteiger partial charge >= 0.3 is 5.97 Å². The van der Waals surface area contributed by atoms with Crippen LogP contribution in [0.5, 0.6) is 5.75 Å². The molecular formula is C18H21N3O4S2. The molecule has 27 heavy (non-hydrogen) atoms. The highest BCUT2D eigenvalue weighted by molar-refractivity contribution is 8.01. The van der Waals surface area contributed by atoms with E-state index in [-0.39, 0.29) is 17.6 Å². The summed E-state index contributed by atoms with van der Waals surface area (Å²) in [5, 5.41) is 11.0. The van der Waals surface area contributed by atoms with E-state index in [0.717, 1.165) is 25.0 Å². The molecule has 1 amide bonds. The Kier molecular flexibility index (Phi) is 6.68. The zero-order valence-corrected chi connectivity index (χ0v) is 16.8. The van der Waals surface area contributed by atoms with Crippen molar-refractivity contribution in [1.82, 2.24) is 10.2 Å². The number of aromatic nitrogens is 2. The maximum absolute atomic E-state index is 12.4. The monoisotopic (exact) mass is 407 g/mol. The van der Waals surface area contributed by atoms with E-state index in [2.05, 4.69) is 26.3 Å². The van der Waals surface area contributed by atoms with Gasteiger partial charge in [-0.25, -0.2) is 0 Å². The molecular weight excluding hydrogens is 386 g/mol. The fourth-order valence-corrected chi connectivity index (χ4v) is 4.39. The Balaban J connectivity index is 1.57. The first-order valence-electron chi connectivity index (χ1n) is 8.68. The van der Waals surface area contributed by atoms with Crippen LogP contribution in [0.2, 0.25) is 0 Å². The number of nitrogens with zero attached hydrogens (tertiary/aromatic N) is 2. The van der Waals surface area contributed by atoms with Gasteiger partial charge in [0, 0.05) is 0 Å². The van der Waals surface area contributed by atoms with E-state index >= 15 is 0 Å². The van der Waals surface area contributed by atoms with E-state index in [1.807, 2.05) is 12.1 Å². The molecule has 0 unspecified atom stereocenters. The summed E-state index contributed by atoms with van der Waals surface area (Å²) in [5.41, 5.74) is 2.52. The van der Waals surface area contributed by atoms with Crippen molar-refractivity contribution in [2.24, 2.45) is 0 Å². The van der Waals surface area contributed by atoms with Gasteiger partial charge in [0.05, 0.1) is 12.9 Å². The lowest BCUT2D eigenvalue weighted by Crippen LogP contribution is -2.30. The number of anilines is 1. The number of benzene rings is 1. The lowest BCUT2D eigenvalue weighted by molar-refractivity contribution is -0.137. The standard InChI is InChI=1S/C18H21N3O4S2/c1-11(25-14-9-5-7-12-6-3-4-8-13(12)14)16(23)19-17-20-21-18(27-17)26-10-15(22)24-2/h5,7,9,11H,3-4,6,8,10H2,1-2H3,(H,19,20,23)/t11-/m0/s1. The fourth-order valence-electron chi connectivity index (χ4n) is 2.81. The molecule has 0 aliphatic heterocycles. The first kappa shape index (κ1) is 19.6. The molecule has 1 aromatic carbocycles. The van der Waals surface area contributed by atoms with Crippen molar-refractivity contribution in [3.8, 4) is 5.75 Å². The molecule has 1 heterocycles. The molecule has 0 spiro atoms. The molecule has 144 valence electrons. The molecule has 1 aliphatic rings. The van der Waals surface area contributed by atoms with Gasteiger partial charge in [0.1, 0.15) is 5.75 Å². The summed E-state index contributed by atoms with van der Waals surface area (Å²) in [6.45, 7) is 1.71. The van der Waals surface area contributed by atoms with Crippen LogP contribution in [0.15, 0.2) is 22.5 Å². The van der Waals surface area contributed by atoms with E-state index in [0.29, 0.717) is 9.47 Å². The van der Waals surface area contributed by atoms with E-state index in [1.54, 1.807) is 6.92 Å². The molecule has 0 bridgehead atoms. The molecule has 1 aliphatic carbocycles. The summed E-state index contributed by atoms with van der Waals surface area (Å²) >= 11 is 2.42. The number of methoxy groups -OCH3 is 1. The van der Waals surface area contributed by atoms with Crippen LogP contribution in [-0.4, -0.2) is 41.0 Å². The number of carbonyl (C=O) groups is 2. The van der Waals surface area contributed by atoms with Crippen molar-refractivity contribution in [3.63, 3.8) is 0 Å². The van der Waals surface area contributed by atoms with Crippen molar-refractivity contribution in [3.05, 3.63) is 29.3 Å². The molecule has 3 rings (SSSR count). The van der Waals surface area contributed by atoms with Crippen LogP contribution in [-0.2, 0) is 27.2 Å². The maximum atomic E-state index is 12.4. The van der Waals surface area contributed by atoms with Crippen LogP contribution in [0.1, 0.15) is 30.9 Å². The highest BCUT2D eigenvalue weighted by Gasteiger charge is 2.20. The Morgan fingerprint density at radius 3 is 2.93 bits per heavy atom. The molecule has 7 nitrogen and oxygen atoms in total. The second kappa shape index (κ2) is 9.18. The maximum Gasteiger partial charge on any atom is 0.316 e. The number of esters is 1. The number of nitrogens with one attached hydrogen (secondary N) is 1. The second-order valence-corrected chi connectivity index (χ2v) is 8.29. The highest BCUT2D eigenvalue weighted by atomic mass is 32.2. The van der Waals surface area contributed by atoms with E-state index in [4.69, 9.17) is 4.74 Å². The largest absolute Gasteiger partial charge is 0.481 e. The van der Waals surface area contributed by atoms with Gasteiger partial charge in [-0.2, -0.15) is 0 Å². The lowest BCUT2D eigenvalue weighted by Gasteiger charge is -2.21. The predicted molar refractivity (Wildman–Crippen MR) is 104 cm³/mol. The molecule has 0 saturated carbocycles. The first-order chi connectivity index (χ1) is 13.1. The van der Waals surface area contributed by atoms with E-state index in [9.17, 15) is 9.59 Å². The topological polar surface area (TPSA) is 90.4 Å². The number of fused-ring (bicyclic) bond motifs is 1. The SMILES string of the molecule is COC(=O)CSc1nnc(NC(=O)[C@H](C)Oc2cccc3c2CCCC3)s1. The van der Waals surface area contributed by atoms with Gasteiger partial charge in [0.2, 0.25) is 5.13 Å². The smallest absolute Gasteiger partial charge is 0.316 e. The van der Waals surface area contributed by atoms with E-state index in [1.165, 1.54) is 47.8 Å². The Morgan fingerprint density at radius 2 is 2.11 bits per heavy atom. The molecule has 1 aromatic heterocycles. The van der Waals surface area contributed by atoms with Gasteiger partial charge in [-0.3, -0.25) is 14.9 Å². The minimum Gasteiger partial charge on any atom is -0.481 e. The number of hydrogen-bond donors (Lipinski definition) is 1. The summed E-state index contributed by atoms with van der Waals surface area (Å²) in [7, 11) is 1.33. The molecule has 1 atom stereocenters. The molecule has 0 saturated heterocycles. The molecule has 9 heteroatoms. The quantitative estimate of drug-likeness (QED) is 0.428. The fraction of sp³-hybridized carbons (Fsp3) is 0.444. The van der Waals surface area contributed by atoms with Gasteiger partial charge < -0.3 is 9.47 Å². The van der Waals surface area contributed by atoms with Crippen molar-refractivity contribution in [2.45, 2.75) is 43.1 Å². The Labute approximate surface area is 165 Å². The van der Waals surface area contributed by atoms with Gasteiger partial charge in [0.15, 0.2) is 10.4 Å². The first-order valence-corrected chi connectivity index (χ1v) is 10.5. The van der Waals surface area contributed by atoms with Crippen molar-refractivity contribution >= 4 is 40.1 Å².